The van der Waals surface area contributed by atoms with E-state index in [9.17, 15) is 0 Å². The van der Waals surface area contributed by atoms with Gasteiger partial charge in [-0.25, -0.2) is 0 Å². The maximum absolute atomic E-state index is 8.52. The second kappa shape index (κ2) is 25.4. The van der Waals surface area contributed by atoms with Gasteiger partial charge in [-0.3, -0.25) is 8.42 Å². The fourth-order valence-electron chi connectivity index (χ4n) is 4.16. The Kier molecular flexibility index (Phi) is 28.9. The van der Waals surface area contributed by atoms with Crippen LogP contribution in [0.5, 0.6) is 0 Å². The summed E-state index contributed by atoms with van der Waals surface area (Å²) in [5.41, 5.74) is 0. The van der Waals surface area contributed by atoms with Crippen molar-refractivity contribution in [1.82, 2.24) is 6.15 Å². The quantitative estimate of drug-likeness (QED) is 0.0786. The first kappa shape index (κ1) is 36.4. The highest BCUT2D eigenvalue weighted by molar-refractivity contribution is 7.79. The van der Waals surface area contributed by atoms with Gasteiger partial charge in [0.05, 0.1) is 26.7 Å². The molecular formula is C25H58N2O4S. The number of nitrogens with zero attached hydrogens (tertiary/aromatic N) is 1. The largest absolute Gasteiger partial charge is 0.759 e. The number of unbranched alkanes of at least 4 members (excludes halogenated alkanes) is 15. The normalized spacial score (nSPS) is 11.6. The van der Waals surface area contributed by atoms with E-state index in [4.69, 9.17) is 17.5 Å². The zero-order valence-electron chi connectivity index (χ0n) is 22.3. The summed E-state index contributed by atoms with van der Waals surface area (Å²) in [6.07, 6.45) is 25.9. The molecule has 0 bridgehead atoms. The van der Waals surface area contributed by atoms with E-state index in [0.717, 1.165) is 0 Å². The molecule has 0 radical (unpaired) electrons. The first-order valence-corrected chi connectivity index (χ1v) is 14.5. The highest BCUT2D eigenvalue weighted by Gasteiger charge is 2.20. The van der Waals surface area contributed by atoms with Crippen LogP contribution in [0, 0.1) is 0 Å². The Balaban J connectivity index is -0.00000125. The molecule has 7 heteroatoms. The Bertz CT molecular complexity index is 410. The number of quaternary nitrogens is 2. The van der Waals surface area contributed by atoms with Crippen molar-refractivity contribution in [2.45, 2.75) is 136 Å². The van der Waals surface area contributed by atoms with Crippen LogP contribution < -0.4 is 6.15 Å². The van der Waals surface area contributed by atoms with Crippen LogP contribution in [0.3, 0.4) is 0 Å². The van der Waals surface area contributed by atoms with Crippen molar-refractivity contribution in [1.29, 1.82) is 0 Å². The Labute approximate surface area is 201 Å². The molecule has 0 aromatic rings. The Morgan fingerprint density at radius 3 is 0.906 bits per heavy atom. The van der Waals surface area contributed by atoms with E-state index in [-0.39, 0.29) is 6.15 Å². The van der Waals surface area contributed by atoms with E-state index in [2.05, 4.69) is 27.8 Å². The van der Waals surface area contributed by atoms with Crippen LogP contribution >= 0.6 is 0 Å². The van der Waals surface area contributed by atoms with Gasteiger partial charge in [-0.15, -0.1) is 0 Å². The molecular weight excluding hydrogens is 424 g/mol. The summed E-state index contributed by atoms with van der Waals surface area (Å²) in [5, 5.41) is 0. The fraction of sp³-hybridized carbons (Fsp3) is 1.00. The molecule has 4 N–H and O–H groups in total. The first-order valence-electron chi connectivity index (χ1n) is 13.2. The van der Waals surface area contributed by atoms with E-state index in [1.54, 1.807) is 0 Å². The molecule has 0 saturated heterocycles. The van der Waals surface area contributed by atoms with Crippen molar-refractivity contribution in [2.75, 3.05) is 26.7 Å². The van der Waals surface area contributed by atoms with Crippen molar-refractivity contribution in [3.8, 4) is 0 Å². The summed E-state index contributed by atoms with van der Waals surface area (Å²) in [4.78, 5) is 0. The summed E-state index contributed by atoms with van der Waals surface area (Å²) >= 11 is 0. The lowest BCUT2D eigenvalue weighted by Crippen LogP contribution is -2.46. The van der Waals surface area contributed by atoms with E-state index < -0.39 is 10.4 Å². The number of hydrogen-bond donors (Lipinski definition) is 1. The van der Waals surface area contributed by atoms with Gasteiger partial charge in [0, 0.05) is 10.4 Å². The van der Waals surface area contributed by atoms with Crippen molar-refractivity contribution >= 4 is 10.4 Å². The lowest BCUT2D eigenvalue weighted by molar-refractivity contribution is -0.910. The second-order valence-corrected chi connectivity index (χ2v) is 10.3. The molecule has 0 fully saturated rings. The molecule has 0 aromatic carbocycles. The van der Waals surface area contributed by atoms with Crippen LogP contribution in [0.25, 0.3) is 0 Å². The van der Waals surface area contributed by atoms with Crippen LogP contribution in [0.15, 0.2) is 0 Å². The summed E-state index contributed by atoms with van der Waals surface area (Å²) in [6, 6.07) is 0. The van der Waals surface area contributed by atoms with Gasteiger partial charge < -0.3 is 19.7 Å². The molecule has 0 aliphatic heterocycles. The minimum absolute atomic E-state index is 0. The predicted molar refractivity (Wildman–Crippen MR) is 137 cm³/mol. The summed E-state index contributed by atoms with van der Waals surface area (Å²) in [5.74, 6) is 0. The molecule has 0 aromatic heterocycles. The molecule has 32 heavy (non-hydrogen) atoms. The van der Waals surface area contributed by atoms with E-state index in [0.29, 0.717) is 0 Å². The molecule has 0 amide bonds. The molecule has 0 aliphatic rings. The van der Waals surface area contributed by atoms with Crippen LogP contribution in [0.4, 0.5) is 0 Å². The predicted octanol–water partition coefficient (Wildman–Crippen LogP) is 7.55. The third-order valence-electron chi connectivity index (χ3n) is 6.15. The SMILES string of the molecule is CCCCCCCC[N+](C)(CCCCCCCC)CCCCCCCC.O=S(=O)([O-])[O-].[NH4+]. The molecule has 6 nitrogen and oxygen atoms in total. The lowest BCUT2D eigenvalue weighted by Gasteiger charge is -2.35. The molecule has 0 heterocycles. The third kappa shape index (κ3) is 34.4. The number of hydrogen-bond acceptors (Lipinski definition) is 4. The van der Waals surface area contributed by atoms with E-state index in [1.807, 2.05) is 0 Å². The van der Waals surface area contributed by atoms with Gasteiger partial charge in [-0.2, -0.15) is 0 Å². The molecule has 0 atom stereocenters. The summed E-state index contributed by atoms with van der Waals surface area (Å²) in [6.45, 7) is 11.2. The highest BCUT2D eigenvalue weighted by atomic mass is 32.3. The molecule has 0 rings (SSSR count). The highest BCUT2D eigenvalue weighted by Crippen LogP contribution is 2.16. The standard InChI is InChI=1S/C25H54N.H3N.H2O4S/c1-5-8-11-14-17-20-23-26(4,24-21-18-15-12-9-6-2)25-22-19-16-13-10-7-3;;1-5(2,3)4/h5-25H2,1-4H3;1H3;(H2,1,2,3,4)/q+1;;/p-1. The van der Waals surface area contributed by atoms with Gasteiger partial charge in [-0.05, 0) is 38.5 Å². The second-order valence-electron chi connectivity index (χ2n) is 9.50. The van der Waals surface area contributed by atoms with Crippen molar-refractivity contribution in [3.05, 3.63) is 0 Å². The summed E-state index contributed by atoms with van der Waals surface area (Å²) in [7, 11) is -2.61. The maximum Gasteiger partial charge on any atom is 0.0784 e. The van der Waals surface area contributed by atoms with Crippen molar-refractivity contribution in [2.24, 2.45) is 0 Å². The van der Waals surface area contributed by atoms with Crippen molar-refractivity contribution in [3.63, 3.8) is 0 Å². The average Bonchev–Trinajstić information content (AvgIpc) is 2.69. The lowest BCUT2D eigenvalue weighted by atomic mass is 10.1. The van der Waals surface area contributed by atoms with Gasteiger partial charge in [0.15, 0.2) is 0 Å². The van der Waals surface area contributed by atoms with E-state index >= 15 is 0 Å². The number of rotatable bonds is 21. The van der Waals surface area contributed by atoms with Crippen LogP contribution in [0.1, 0.15) is 136 Å². The van der Waals surface area contributed by atoms with Gasteiger partial charge >= 0.3 is 0 Å². The van der Waals surface area contributed by atoms with Gasteiger partial charge in [0.25, 0.3) is 0 Å². The zero-order valence-corrected chi connectivity index (χ0v) is 23.2. The van der Waals surface area contributed by atoms with Gasteiger partial charge in [0.2, 0.25) is 0 Å². The fourth-order valence-corrected chi connectivity index (χ4v) is 4.16. The molecule has 0 saturated carbocycles. The van der Waals surface area contributed by atoms with Gasteiger partial charge in [-0.1, -0.05) is 97.8 Å². The topological polar surface area (TPSA) is 117 Å². The minimum Gasteiger partial charge on any atom is -0.759 e. The Morgan fingerprint density at radius 1 is 0.500 bits per heavy atom. The van der Waals surface area contributed by atoms with Crippen LogP contribution in [-0.2, 0) is 10.4 Å². The van der Waals surface area contributed by atoms with Crippen molar-refractivity contribution < 1.29 is 22.0 Å². The first-order chi connectivity index (χ1) is 14.7. The molecule has 0 aliphatic carbocycles. The smallest absolute Gasteiger partial charge is 0.0784 e. The Morgan fingerprint density at radius 2 is 0.688 bits per heavy atom. The summed E-state index contributed by atoms with van der Waals surface area (Å²) < 4.78 is 35.4. The zero-order chi connectivity index (χ0) is 23.8. The minimum atomic E-state index is -5.17. The average molecular weight is 483 g/mol. The van der Waals surface area contributed by atoms with Crippen LogP contribution in [0.2, 0.25) is 0 Å². The Hall–Kier alpha value is -0.210. The van der Waals surface area contributed by atoms with Crippen LogP contribution in [-0.4, -0.2) is 48.7 Å². The van der Waals surface area contributed by atoms with Gasteiger partial charge in [0.1, 0.15) is 0 Å². The monoisotopic (exact) mass is 482 g/mol. The maximum atomic E-state index is 8.52. The molecule has 0 spiro atoms. The molecule has 0 unspecified atom stereocenters. The molecule has 198 valence electrons. The van der Waals surface area contributed by atoms with E-state index in [1.165, 1.54) is 140 Å². The third-order valence-corrected chi connectivity index (χ3v) is 6.15.